The van der Waals surface area contributed by atoms with E-state index in [9.17, 15) is 9.59 Å². The fraction of sp³-hybridized carbons (Fsp3) is 0.333. The molecule has 0 spiro atoms. The largest absolute Gasteiger partial charge is 0.496 e. The van der Waals surface area contributed by atoms with Crippen molar-refractivity contribution in [3.8, 4) is 5.75 Å². The number of nitrogens with one attached hydrogen (secondary N) is 2. The van der Waals surface area contributed by atoms with Crippen LogP contribution in [-0.4, -0.2) is 18.9 Å². The quantitative estimate of drug-likeness (QED) is 0.720. The first-order valence-corrected chi connectivity index (χ1v) is 9.78. The highest BCUT2D eigenvalue weighted by atomic mass is 79.9. The van der Waals surface area contributed by atoms with Crippen LogP contribution in [0.3, 0.4) is 0 Å². The van der Waals surface area contributed by atoms with Gasteiger partial charge >= 0.3 is 0 Å². The molecule has 2 N–H and O–H groups in total. The lowest BCUT2D eigenvalue weighted by atomic mass is 9.89. The molecule has 0 radical (unpaired) electrons. The van der Waals surface area contributed by atoms with Crippen LogP contribution in [0.15, 0.2) is 46.9 Å². The van der Waals surface area contributed by atoms with Crippen molar-refractivity contribution in [1.82, 2.24) is 5.32 Å². The number of para-hydroxylation sites is 1. The van der Waals surface area contributed by atoms with E-state index in [1.165, 1.54) is 0 Å². The normalized spacial score (nSPS) is 16.9. The number of methoxy groups -OCH3 is 1. The van der Waals surface area contributed by atoms with Crippen molar-refractivity contribution >= 4 is 33.4 Å². The Morgan fingerprint density at radius 1 is 1.33 bits per heavy atom. The van der Waals surface area contributed by atoms with Crippen molar-refractivity contribution in [2.24, 2.45) is 5.92 Å². The Hall–Kier alpha value is -2.34. The van der Waals surface area contributed by atoms with E-state index in [0.29, 0.717) is 19.3 Å². The fourth-order valence-electron chi connectivity index (χ4n) is 3.30. The zero-order valence-electron chi connectivity index (χ0n) is 15.4. The van der Waals surface area contributed by atoms with Crippen LogP contribution in [0.2, 0.25) is 0 Å². The Bertz CT molecular complexity index is 853. The molecule has 2 unspecified atom stereocenters. The van der Waals surface area contributed by atoms with Gasteiger partial charge in [-0.15, -0.1) is 0 Å². The Balaban J connectivity index is 1.54. The minimum Gasteiger partial charge on any atom is -0.496 e. The third kappa shape index (κ3) is 4.69. The average Bonchev–Trinajstić information content (AvgIpc) is 2.66. The van der Waals surface area contributed by atoms with Gasteiger partial charge in [0.05, 0.1) is 17.6 Å². The summed E-state index contributed by atoms with van der Waals surface area (Å²) in [5, 5.41) is 5.93. The van der Waals surface area contributed by atoms with E-state index in [1.54, 1.807) is 7.11 Å². The Labute approximate surface area is 167 Å². The molecule has 1 aliphatic heterocycles. The number of ether oxygens (including phenoxy) is 1. The molecule has 142 valence electrons. The molecule has 0 bridgehead atoms. The molecule has 5 nitrogen and oxygen atoms in total. The third-order valence-electron chi connectivity index (χ3n) is 4.89. The number of anilines is 1. The molecule has 0 aromatic heterocycles. The lowest BCUT2D eigenvalue weighted by molar-refractivity contribution is -0.123. The molecule has 2 amide bonds. The molecule has 6 heteroatoms. The van der Waals surface area contributed by atoms with Gasteiger partial charge in [0.15, 0.2) is 0 Å². The van der Waals surface area contributed by atoms with Crippen molar-refractivity contribution in [2.45, 2.75) is 32.2 Å². The van der Waals surface area contributed by atoms with Crippen LogP contribution in [0.25, 0.3) is 0 Å². The molecule has 1 aliphatic rings. The maximum atomic E-state index is 12.4. The van der Waals surface area contributed by atoms with Crippen molar-refractivity contribution in [2.75, 3.05) is 12.4 Å². The summed E-state index contributed by atoms with van der Waals surface area (Å²) in [6.07, 6.45) is 1.53. The molecule has 0 saturated heterocycles. The standard InChI is InChI=1S/C21H23BrN2O3/c1-13(14-7-9-19(27-2)17(22)12-14)23-20(25)10-8-16-11-15-5-3-4-6-18(15)24-21(16)26/h3-7,9,12-13,16H,8,10-11H2,1-2H3,(H,23,25)(H,24,26). The second-order valence-electron chi connectivity index (χ2n) is 6.77. The molecule has 0 fully saturated rings. The number of rotatable bonds is 6. The third-order valence-corrected chi connectivity index (χ3v) is 5.51. The molecule has 0 saturated carbocycles. The number of carbonyl (C=O) groups is 2. The Kier molecular flexibility index (Phi) is 6.16. The predicted octanol–water partition coefficient (Wildman–Crippen LogP) is 4.23. The van der Waals surface area contributed by atoms with Gasteiger partial charge in [0.2, 0.25) is 11.8 Å². The highest BCUT2D eigenvalue weighted by molar-refractivity contribution is 9.10. The molecular weight excluding hydrogens is 408 g/mol. The second kappa shape index (κ2) is 8.57. The number of benzene rings is 2. The summed E-state index contributed by atoms with van der Waals surface area (Å²) in [4.78, 5) is 24.6. The summed E-state index contributed by atoms with van der Waals surface area (Å²) < 4.78 is 6.08. The van der Waals surface area contributed by atoms with Gasteiger partial charge < -0.3 is 15.4 Å². The lowest BCUT2D eigenvalue weighted by Gasteiger charge is -2.24. The number of carbonyl (C=O) groups excluding carboxylic acids is 2. The van der Waals surface area contributed by atoms with Crippen LogP contribution in [-0.2, 0) is 16.0 Å². The van der Waals surface area contributed by atoms with Gasteiger partial charge in [0.1, 0.15) is 5.75 Å². The zero-order valence-corrected chi connectivity index (χ0v) is 17.0. The molecule has 3 rings (SSSR count). The monoisotopic (exact) mass is 430 g/mol. The summed E-state index contributed by atoms with van der Waals surface area (Å²) in [7, 11) is 1.62. The molecule has 0 aliphatic carbocycles. The molecule has 27 heavy (non-hydrogen) atoms. The molecule has 2 aromatic carbocycles. The van der Waals surface area contributed by atoms with E-state index < -0.39 is 0 Å². The highest BCUT2D eigenvalue weighted by Crippen LogP contribution is 2.29. The van der Waals surface area contributed by atoms with Gasteiger partial charge in [-0.05, 0) is 65.0 Å². The van der Waals surface area contributed by atoms with Crippen LogP contribution < -0.4 is 15.4 Å². The van der Waals surface area contributed by atoms with Crippen molar-refractivity contribution < 1.29 is 14.3 Å². The van der Waals surface area contributed by atoms with Crippen LogP contribution in [0.5, 0.6) is 5.75 Å². The van der Waals surface area contributed by atoms with E-state index in [1.807, 2.05) is 49.4 Å². The zero-order chi connectivity index (χ0) is 19.4. The van der Waals surface area contributed by atoms with Crippen LogP contribution in [0, 0.1) is 5.92 Å². The minimum atomic E-state index is -0.170. The second-order valence-corrected chi connectivity index (χ2v) is 7.62. The van der Waals surface area contributed by atoms with E-state index >= 15 is 0 Å². The van der Waals surface area contributed by atoms with Crippen LogP contribution in [0.1, 0.15) is 36.9 Å². The molecule has 1 heterocycles. The SMILES string of the molecule is COc1ccc(C(C)NC(=O)CCC2Cc3ccccc3NC2=O)cc1Br. The van der Waals surface area contributed by atoms with Gasteiger partial charge in [0, 0.05) is 18.0 Å². The number of halogens is 1. The summed E-state index contributed by atoms with van der Waals surface area (Å²) in [5.74, 6) is 0.520. The van der Waals surface area contributed by atoms with Gasteiger partial charge in [-0.3, -0.25) is 9.59 Å². The first-order chi connectivity index (χ1) is 13.0. The van der Waals surface area contributed by atoms with Crippen LogP contribution in [0.4, 0.5) is 5.69 Å². The Morgan fingerprint density at radius 2 is 2.11 bits per heavy atom. The summed E-state index contributed by atoms with van der Waals surface area (Å²) >= 11 is 3.46. The fourth-order valence-corrected chi connectivity index (χ4v) is 3.86. The number of hydrogen-bond donors (Lipinski definition) is 2. The van der Waals surface area contributed by atoms with E-state index in [2.05, 4.69) is 26.6 Å². The Morgan fingerprint density at radius 3 is 2.85 bits per heavy atom. The van der Waals surface area contributed by atoms with Crippen LogP contribution >= 0.6 is 15.9 Å². The highest BCUT2D eigenvalue weighted by Gasteiger charge is 2.26. The topological polar surface area (TPSA) is 67.4 Å². The maximum absolute atomic E-state index is 12.4. The van der Waals surface area contributed by atoms with E-state index in [-0.39, 0.29) is 23.8 Å². The number of hydrogen-bond acceptors (Lipinski definition) is 3. The molecule has 2 atom stereocenters. The minimum absolute atomic E-state index is 0.00589. The van der Waals surface area contributed by atoms with E-state index in [0.717, 1.165) is 27.0 Å². The van der Waals surface area contributed by atoms with Crippen molar-refractivity contribution in [3.63, 3.8) is 0 Å². The summed E-state index contributed by atoms with van der Waals surface area (Å²) in [6, 6.07) is 13.4. The molecule has 2 aromatic rings. The van der Waals surface area contributed by atoms with Gasteiger partial charge in [-0.1, -0.05) is 24.3 Å². The predicted molar refractivity (Wildman–Crippen MR) is 109 cm³/mol. The smallest absolute Gasteiger partial charge is 0.227 e. The van der Waals surface area contributed by atoms with Crippen molar-refractivity contribution in [1.29, 1.82) is 0 Å². The van der Waals surface area contributed by atoms with Crippen molar-refractivity contribution in [3.05, 3.63) is 58.1 Å². The number of fused-ring (bicyclic) bond motifs is 1. The molecular formula is C21H23BrN2O3. The van der Waals surface area contributed by atoms with Gasteiger partial charge in [-0.2, -0.15) is 0 Å². The van der Waals surface area contributed by atoms with Gasteiger partial charge in [0.25, 0.3) is 0 Å². The number of amides is 2. The van der Waals surface area contributed by atoms with Gasteiger partial charge in [-0.25, -0.2) is 0 Å². The first kappa shape index (κ1) is 19.4. The average molecular weight is 431 g/mol. The summed E-state index contributed by atoms with van der Waals surface area (Å²) in [6.45, 7) is 1.94. The van der Waals surface area contributed by atoms with E-state index in [4.69, 9.17) is 4.74 Å². The lowest BCUT2D eigenvalue weighted by Crippen LogP contribution is -2.32. The first-order valence-electron chi connectivity index (χ1n) is 8.99. The summed E-state index contributed by atoms with van der Waals surface area (Å²) in [5.41, 5.74) is 2.99. The maximum Gasteiger partial charge on any atom is 0.227 e.